The van der Waals surface area contributed by atoms with Gasteiger partial charge in [0, 0.05) is 43.5 Å². The molecule has 1 aromatic heterocycles. The van der Waals surface area contributed by atoms with E-state index < -0.39 is 10.0 Å². The van der Waals surface area contributed by atoms with Gasteiger partial charge in [-0.25, -0.2) is 13.1 Å². The van der Waals surface area contributed by atoms with Crippen LogP contribution in [0.15, 0.2) is 64.8 Å². The first-order valence-electron chi connectivity index (χ1n) is 11.3. The molecule has 0 radical (unpaired) electrons. The Morgan fingerprint density at radius 3 is 2.24 bits per heavy atom. The number of carbonyl (C=O) groups excluding carboxylic acids is 1. The van der Waals surface area contributed by atoms with Crippen LogP contribution >= 0.6 is 0 Å². The molecule has 8 nitrogen and oxygen atoms in total. The van der Waals surface area contributed by atoms with Crippen molar-refractivity contribution in [3.8, 4) is 0 Å². The van der Waals surface area contributed by atoms with Gasteiger partial charge in [0.25, 0.3) is 11.5 Å². The van der Waals surface area contributed by atoms with E-state index in [9.17, 15) is 18.0 Å². The van der Waals surface area contributed by atoms with Gasteiger partial charge in [0.15, 0.2) is 5.69 Å². The minimum Gasteiger partial charge on any atom is -0.335 e. The maximum absolute atomic E-state index is 13.4. The van der Waals surface area contributed by atoms with Crippen LogP contribution in [-0.4, -0.2) is 59.5 Å². The predicted molar refractivity (Wildman–Crippen MR) is 133 cm³/mol. The molecule has 0 aliphatic carbocycles. The maximum Gasteiger partial charge on any atom is 0.275 e. The number of hydrogen-bond acceptors (Lipinski definition) is 5. The summed E-state index contributed by atoms with van der Waals surface area (Å²) < 4.78 is 28.2. The molecule has 2 aromatic carbocycles. The summed E-state index contributed by atoms with van der Waals surface area (Å²) in [4.78, 5) is 27.8. The summed E-state index contributed by atoms with van der Waals surface area (Å²) in [5.74, 6) is -0.113. The molecule has 0 spiro atoms. The zero-order valence-corrected chi connectivity index (χ0v) is 20.1. The third kappa shape index (κ3) is 5.10. The molecule has 9 heteroatoms. The van der Waals surface area contributed by atoms with E-state index in [0.717, 1.165) is 5.56 Å². The van der Waals surface area contributed by atoms with Gasteiger partial charge in [-0.3, -0.25) is 9.59 Å². The predicted octanol–water partition coefficient (Wildman–Crippen LogP) is 2.81. The van der Waals surface area contributed by atoms with Gasteiger partial charge in [0.2, 0.25) is 10.0 Å². The van der Waals surface area contributed by atoms with Crippen molar-refractivity contribution < 1.29 is 13.2 Å². The van der Waals surface area contributed by atoms with E-state index in [-0.39, 0.29) is 49.3 Å². The Hall–Kier alpha value is -3.30. The van der Waals surface area contributed by atoms with Gasteiger partial charge in [-0.1, -0.05) is 62.4 Å². The van der Waals surface area contributed by atoms with Crippen LogP contribution in [0.25, 0.3) is 16.8 Å². The molecule has 0 saturated carbocycles. The Morgan fingerprint density at radius 2 is 1.59 bits per heavy atom. The fourth-order valence-corrected chi connectivity index (χ4v) is 5.15. The van der Waals surface area contributed by atoms with Gasteiger partial charge in [-0.2, -0.15) is 9.40 Å². The van der Waals surface area contributed by atoms with Crippen molar-refractivity contribution in [3.63, 3.8) is 0 Å². The Kier molecular flexibility index (Phi) is 6.95. The van der Waals surface area contributed by atoms with Crippen LogP contribution in [0.3, 0.4) is 0 Å². The van der Waals surface area contributed by atoms with E-state index in [2.05, 4.69) is 5.10 Å². The highest BCUT2D eigenvalue weighted by Gasteiger charge is 2.29. The van der Waals surface area contributed by atoms with Gasteiger partial charge >= 0.3 is 0 Å². The summed E-state index contributed by atoms with van der Waals surface area (Å²) in [6.45, 7) is 5.25. The van der Waals surface area contributed by atoms with Crippen LogP contribution in [0.1, 0.15) is 29.9 Å². The molecule has 0 bridgehead atoms. The third-order valence-corrected chi connectivity index (χ3v) is 7.29. The quantitative estimate of drug-likeness (QED) is 0.541. The second kappa shape index (κ2) is 9.90. The van der Waals surface area contributed by atoms with Crippen LogP contribution in [0, 0.1) is 5.92 Å². The largest absolute Gasteiger partial charge is 0.335 e. The number of amides is 1. The molecule has 1 saturated heterocycles. The van der Waals surface area contributed by atoms with Crippen molar-refractivity contribution in [2.45, 2.75) is 20.4 Å². The highest BCUT2D eigenvalue weighted by molar-refractivity contribution is 7.92. The minimum absolute atomic E-state index is 0.187. The monoisotopic (exact) mass is 480 g/mol. The summed E-state index contributed by atoms with van der Waals surface area (Å²) in [5.41, 5.74) is 0.799. The lowest BCUT2D eigenvalue weighted by Gasteiger charge is -2.33. The molecule has 2 heterocycles. The molecule has 1 fully saturated rings. The summed E-state index contributed by atoms with van der Waals surface area (Å²) in [5, 5.41) is 6.59. The van der Waals surface area contributed by atoms with E-state index >= 15 is 0 Å². The number of benzene rings is 2. The lowest BCUT2D eigenvalue weighted by Crippen LogP contribution is -2.50. The van der Waals surface area contributed by atoms with Crippen molar-refractivity contribution in [3.05, 3.63) is 81.6 Å². The van der Waals surface area contributed by atoms with Crippen molar-refractivity contribution in [2.24, 2.45) is 5.92 Å². The standard InChI is InChI=1S/C25H28N4O4S/c1-19(2)18-29-24(30)22-11-7-6-10-21(22)23(26-29)25(31)27-13-15-28(16-14-27)34(32,33)17-12-20-8-4-3-5-9-20/h3-12,17,19H,13-16,18H2,1-2H3/b17-12+. The second-order valence-corrected chi connectivity index (χ2v) is 10.5. The van der Waals surface area contributed by atoms with E-state index in [0.29, 0.717) is 17.3 Å². The van der Waals surface area contributed by atoms with Gasteiger partial charge < -0.3 is 4.90 Å². The SMILES string of the molecule is CC(C)Cn1nc(C(=O)N2CCN(S(=O)(=O)/C=C/c3ccccc3)CC2)c2ccccc2c1=O. The molecule has 4 rings (SSSR count). The molecule has 0 atom stereocenters. The number of fused-ring (bicyclic) bond motifs is 1. The second-order valence-electron chi connectivity index (χ2n) is 8.72. The van der Waals surface area contributed by atoms with Crippen molar-refractivity contribution in [2.75, 3.05) is 26.2 Å². The number of carbonyl (C=O) groups is 1. The number of piperazine rings is 1. The highest BCUT2D eigenvalue weighted by atomic mass is 32.2. The summed E-state index contributed by atoms with van der Waals surface area (Å²) in [6, 6.07) is 16.2. The zero-order valence-electron chi connectivity index (χ0n) is 19.3. The minimum atomic E-state index is -3.60. The molecule has 0 unspecified atom stereocenters. The van der Waals surface area contributed by atoms with Crippen LogP contribution in [-0.2, 0) is 16.6 Å². The van der Waals surface area contributed by atoms with Gasteiger partial charge in [-0.15, -0.1) is 0 Å². The van der Waals surface area contributed by atoms with Crippen LogP contribution in [0.2, 0.25) is 0 Å². The summed E-state index contributed by atoms with van der Waals surface area (Å²) in [7, 11) is -3.60. The third-order valence-electron chi connectivity index (χ3n) is 5.73. The smallest absolute Gasteiger partial charge is 0.275 e. The molecule has 178 valence electrons. The first kappa shape index (κ1) is 23.8. The van der Waals surface area contributed by atoms with Gasteiger partial charge in [0.05, 0.1) is 5.39 Å². The van der Waals surface area contributed by atoms with Crippen molar-refractivity contribution >= 4 is 32.8 Å². The zero-order chi connectivity index (χ0) is 24.3. The van der Waals surface area contributed by atoms with E-state index in [4.69, 9.17) is 0 Å². The molecular weight excluding hydrogens is 452 g/mol. The van der Waals surface area contributed by atoms with Crippen LogP contribution in [0.5, 0.6) is 0 Å². The van der Waals surface area contributed by atoms with Crippen LogP contribution < -0.4 is 5.56 Å². The number of rotatable bonds is 6. The Bertz CT molecular complexity index is 1370. The highest BCUT2D eigenvalue weighted by Crippen LogP contribution is 2.18. The first-order valence-corrected chi connectivity index (χ1v) is 12.8. The Morgan fingerprint density at radius 1 is 0.971 bits per heavy atom. The van der Waals surface area contributed by atoms with Crippen LogP contribution in [0.4, 0.5) is 0 Å². The number of sulfonamides is 1. The molecule has 0 N–H and O–H groups in total. The summed E-state index contributed by atoms with van der Waals surface area (Å²) in [6.07, 6.45) is 1.57. The molecular formula is C25H28N4O4S. The summed E-state index contributed by atoms with van der Waals surface area (Å²) >= 11 is 0. The fourth-order valence-electron chi connectivity index (χ4n) is 3.97. The number of hydrogen-bond donors (Lipinski definition) is 0. The fraction of sp³-hybridized carbons (Fsp3) is 0.320. The molecule has 1 aliphatic heterocycles. The van der Waals surface area contributed by atoms with Gasteiger partial charge in [0.1, 0.15) is 0 Å². The maximum atomic E-state index is 13.4. The molecule has 1 aliphatic rings. The normalized spacial score (nSPS) is 15.4. The lowest BCUT2D eigenvalue weighted by molar-refractivity contribution is 0.0692. The Balaban J connectivity index is 1.53. The van der Waals surface area contributed by atoms with E-state index in [1.54, 1.807) is 35.2 Å². The number of nitrogens with zero attached hydrogens (tertiary/aromatic N) is 4. The van der Waals surface area contributed by atoms with Crippen molar-refractivity contribution in [1.29, 1.82) is 0 Å². The van der Waals surface area contributed by atoms with Gasteiger partial charge in [-0.05, 0) is 23.6 Å². The number of aromatic nitrogens is 2. The lowest BCUT2D eigenvalue weighted by atomic mass is 10.1. The average molecular weight is 481 g/mol. The molecule has 3 aromatic rings. The topological polar surface area (TPSA) is 92.6 Å². The molecule has 1 amide bonds. The first-order chi connectivity index (χ1) is 16.3. The molecule has 34 heavy (non-hydrogen) atoms. The average Bonchev–Trinajstić information content (AvgIpc) is 2.85. The van der Waals surface area contributed by atoms with Crippen molar-refractivity contribution in [1.82, 2.24) is 19.0 Å². The van der Waals surface area contributed by atoms with E-state index in [1.165, 1.54) is 14.4 Å². The Labute approximate surface area is 199 Å². The van der Waals surface area contributed by atoms with E-state index in [1.807, 2.05) is 44.2 Å².